The van der Waals surface area contributed by atoms with Gasteiger partial charge in [-0.25, -0.2) is 4.98 Å². The standard InChI is InChI=1S/C14H15N5O2/c15-12(20)9-2-4-10(5-3-9)17-13(21)11-8-19-7-1-6-16-14(19)18-11/h2-5,8H,1,6-7H2,(H2,15,20)(H,16,18)(H,17,21). The molecule has 108 valence electrons. The summed E-state index contributed by atoms with van der Waals surface area (Å²) >= 11 is 0. The highest BCUT2D eigenvalue weighted by Gasteiger charge is 2.16. The predicted octanol–water partition coefficient (Wildman–Crippen LogP) is 1.05. The van der Waals surface area contributed by atoms with E-state index in [9.17, 15) is 9.59 Å². The molecule has 0 saturated carbocycles. The molecule has 7 heteroatoms. The molecular weight excluding hydrogens is 270 g/mol. The fourth-order valence-corrected chi connectivity index (χ4v) is 2.20. The first-order chi connectivity index (χ1) is 10.1. The zero-order valence-electron chi connectivity index (χ0n) is 11.3. The summed E-state index contributed by atoms with van der Waals surface area (Å²) in [6, 6.07) is 6.40. The summed E-state index contributed by atoms with van der Waals surface area (Å²) in [4.78, 5) is 27.4. The number of aryl methyl sites for hydroxylation is 1. The molecule has 0 spiro atoms. The van der Waals surface area contributed by atoms with Gasteiger partial charge in [-0.1, -0.05) is 0 Å². The van der Waals surface area contributed by atoms with Crippen molar-refractivity contribution in [3.05, 3.63) is 41.7 Å². The average molecular weight is 285 g/mol. The minimum Gasteiger partial charge on any atom is -0.366 e. The van der Waals surface area contributed by atoms with Crippen LogP contribution in [-0.4, -0.2) is 27.9 Å². The van der Waals surface area contributed by atoms with Crippen molar-refractivity contribution in [1.29, 1.82) is 0 Å². The van der Waals surface area contributed by atoms with Gasteiger partial charge in [-0.05, 0) is 30.7 Å². The lowest BCUT2D eigenvalue weighted by molar-refractivity contribution is 0.0998. The number of fused-ring (bicyclic) bond motifs is 1. The SMILES string of the molecule is NC(=O)c1ccc(NC(=O)c2cn3c(n2)NCCC3)cc1. The zero-order chi connectivity index (χ0) is 14.8. The Bertz CT molecular complexity index is 666. The van der Waals surface area contributed by atoms with Crippen molar-refractivity contribution < 1.29 is 9.59 Å². The second-order valence-corrected chi connectivity index (χ2v) is 4.82. The fourth-order valence-electron chi connectivity index (χ4n) is 2.20. The molecule has 1 aliphatic heterocycles. The van der Waals surface area contributed by atoms with Crippen LogP contribution < -0.4 is 16.4 Å². The van der Waals surface area contributed by atoms with Crippen LogP contribution in [0.25, 0.3) is 0 Å². The molecule has 1 aliphatic rings. The molecule has 0 bridgehead atoms. The van der Waals surface area contributed by atoms with E-state index in [2.05, 4.69) is 15.6 Å². The Hall–Kier alpha value is -2.83. The number of primary amides is 1. The van der Waals surface area contributed by atoms with Crippen molar-refractivity contribution >= 4 is 23.5 Å². The summed E-state index contributed by atoms with van der Waals surface area (Å²) in [6.07, 6.45) is 2.74. The summed E-state index contributed by atoms with van der Waals surface area (Å²) in [5, 5.41) is 5.88. The highest BCUT2D eigenvalue weighted by molar-refractivity contribution is 6.03. The van der Waals surface area contributed by atoms with Crippen molar-refractivity contribution in [2.45, 2.75) is 13.0 Å². The number of nitrogens with two attached hydrogens (primary N) is 1. The summed E-state index contributed by atoms with van der Waals surface area (Å²) in [5.41, 5.74) is 6.51. The topological polar surface area (TPSA) is 102 Å². The molecule has 3 rings (SSSR count). The van der Waals surface area contributed by atoms with Crippen LogP contribution in [0.2, 0.25) is 0 Å². The quantitative estimate of drug-likeness (QED) is 0.784. The van der Waals surface area contributed by atoms with Gasteiger partial charge in [0.2, 0.25) is 11.9 Å². The van der Waals surface area contributed by atoms with Gasteiger partial charge in [0, 0.05) is 30.5 Å². The number of anilines is 2. The van der Waals surface area contributed by atoms with Crippen LogP contribution in [0.3, 0.4) is 0 Å². The van der Waals surface area contributed by atoms with E-state index in [4.69, 9.17) is 5.73 Å². The van der Waals surface area contributed by atoms with E-state index in [0.717, 1.165) is 25.5 Å². The van der Waals surface area contributed by atoms with Crippen molar-refractivity contribution in [3.8, 4) is 0 Å². The molecule has 2 amide bonds. The van der Waals surface area contributed by atoms with E-state index >= 15 is 0 Å². The van der Waals surface area contributed by atoms with E-state index in [1.165, 1.54) is 0 Å². The minimum atomic E-state index is -0.499. The Morgan fingerprint density at radius 2 is 2.05 bits per heavy atom. The summed E-state index contributed by atoms with van der Waals surface area (Å²) in [5.74, 6) is -0.0678. The van der Waals surface area contributed by atoms with Crippen molar-refractivity contribution in [2.75, 3.05) is 17.2 Å². The van der Waals surface area contributed by atoms with Gasteiger partial charge in [0.1, 0.15) is 5.69 Å². The maximum absolute atomic E-state index is 12.1. The molecule has 2 aromatic rings. The highest BCUT2D eigenvalue weighted by atomic mass is 16.2. The molecule has 1 aromatic heterocycles. The Kier molecular flexibility index (Phi) is 3.31. The fraction of sp³-hybridized carbons (Fsp3) is 0.214. The van der Waals surface area contributed by atoms with Crippen LogP contribution >= 0.6 is 0 Å². The van der Waals surface area contributed by atoms with Crippen molar-refractivity contribution in [3.63, 3.8) is 0 Å². The van der Waals surface area contributed by atoms with Gasteiger partial charge in [0.15, 0.2) is 0 Å². The average Bonchev–Trinajstić information content (AvgIpc) is 2.92. The Morgan fingerprint density at radius 1 is 1.29 bits per heavy atom. The van der Waals surface area contributed by atoms with Crippen LogP contribution in [0, 0.1) is 0 Å². The van der Waals surface area contributed by atoms with Gasteiger partial charge >= 0.3 is 0 Å². The lowest BCUT2D eigenvalue weighted by Gasteiger charge is -2.14. The largest absolute Gasteiger partial charge is 0.366 e. The molecule has 0 unspecified atom stereocenters. The number of rotatable bonds is 3. The van der Waals surface area contributed by atoms with Crippen LogP contribution in [0.5, 0.6) is 0 Å². The van der Waals surface area contributed by atoms with Gasteiger partial charge < -0.3 is 20.9 Å². The number of nitrogens with zero attached hydrogens (tertiary/aromatic N) is 2. The Morgan fingerprint density at radius 3 is 2.71 bits per heavy atom. The van der Waals surface area contributed by atoms with Gasteiger partial charge in [-0.15, -0.1) is 0 Å². The molecular formula is C14H15N5O2. The van der Waals surface area contributed by atoms with Gasteiger partial charge in [-0.3, -0.25) is 9.59 Å². The molecule has 4 N–H and O–H groups in total. The molecule has 7 nitrogen and oxygen atoms in total. The number of hydrogen-bond acceptors (Lipinski definition) is 4. The van der Waals surface area contributed by atoms with E-state index in [-0.39, 0.29) is 5.91 Å². The van der Waals surface area contributed by atoms with E-state index in [0.29, 0.717) is 16.9 Å². The van der Waals surface area contributed by atoms with E-state index in [1.807, 2.05) is 4.57 Å². The molecule has 21 heavy (non-hydrogen) atoms. The predicted molar refractivity (Wildman–Crippen MR) is 78.2 cm³/mol. The van der Waals surface area contributed by atoms with Crippen LogP contribution in [-0.2, 0) is 6.54 Å². The maximum Gasteiger partial charge on any atom is 0.275 e. The number of carbonyl (C=O) groups is 2. The number of benzene rings is 1. The maximum atomic E-state index is 12.1. The second-order valence-electron chi connectivity index (χ2n) is 4.82. The normalized spacial score (nSPS) is 13.1. The molecule has 0 saturated heterocycles. The first-order valence-electron chi connectivity index (χ1n) is 6.66. The summed E-state index contributed by atoms with van der Waals surface area (Å²) < 4.78 is 1.93. The lowest BCUT2D eigenvalue weighted by atomic mass is 10.2. The Labute approximate surface area is 121 Å². The molecule has 0 radical (unpaired) electrons. The summed E-state index contributed by atoms with van der Waals surface area (Å²) in [7, 11) is 0. The van der Waals surface area contributed by atoms with E-state index < -0.39 is 5.91 Å². The van der Waals surface area contributed by atoms with Crippen LogP contribution in [0.15, 0.2) is 30.5 Å². The van der Waals surface area contributed by atoms with Crippen molar-refractivity contribution in [1.82, 2.24) is 9.55 Å². The molecule has 2 heterocycles. The minimum absolute atomic E-state index is 0.287. The first-order valence-corrected chi connectivity index (χ1v) is 6.66. The van der Waals surface area contributed by atoms with E-state index in [1.54, 1.807) is 30.5 Å². The van der Waals surface area contributed by atoms with Crippen LogP contribution in [0.1, 0.15) is 27.3 Å². The smallest absolute Gasteiger partial charge is 0.275 e. The third-order valence-corrected chi connectivity index (χ3v) is 3.30. The van der Waals surface area contributed by atoms with Crippen LogP contribution in [0.4, 0.5) is 11.6 Å². The molecule has 1 aromatic carbocycles. The number of nitrogens with one attached hydrogen (secondary N) is 2. The third-order valence-electron chi connectivity index (χ3n) is 3.30. The Balaban J connectivity index is 1.73. The first kappa shape index (κ1) is 13.2. The lowest BCUT2D eigenvalue weighted by Crippen LogP contribution is -2.16. The highest BCUT2D eigenvalue weighted by Crippen LogP contribution is 2.16. The number of amides is 2. The molecule has 0 fully saturated rings. The van der Waals surface area contributed by atoms with Gasteiger partial charge in [-0.2, -0.15) is 0 Å². The third kappa shape index (κ3) is 2.71. The molecule has 0 atom stereocenters. The number of aromatic nitrogens is 2. The zero-order valence-corrected chi connectivity index (χ0v) is 11.3. The number of imidazole rings is 1. The van der Waals surface area contributed by atoms with Gasteiger partial charge in [0.05, 0.1) is 0 Å². The summed E-state index contributed by atoms with van der Waals surface area (Å²) in [6.45, 7) is 1.72. The van der Waals surface area contributed by atoms with Crippen molar-refractivity contribution in [2.24, 2.45) is 5.73 Å². The van der Waals surface area contributed by atoms with Gasteiger partial charge in [0.25, 0.3) is 5.91 Å². The second kappa shape index (κ2) is 5.28. The number of carbonyl (C=O) groups excluding carboxylic acids is 2. The monoisotopic (exact) mass is 285 g/mol. The molecule has 0 aliphatic carbocycles. The number of hydrogen-bond donors (Lipinski definition) is 3.